The van der Waals surface area contributed by atoms with Crippen LogP contribution < -0.4 is 5.43 Å². The molecule has 0 aliphatic rings. The van der Waals surface area contributed by atoms with Gasteiger partial charge in [0.05, 0.1) is 5.69 Å². The fourth-order valence-corrected chi connectivity index (χ4v) is 0.987. The summed E-state index contributed by atoms with van der Waals surface area (Å²) in [6.45, 7) is 4.05. The smallest absolute Gasteiger partial charge is 0.0576 e. The first-order valence-corrected chi connectivity index (χ1v) is 4.65. The van der Waals surface area contributed by atoms with E-state index in [1.807, 2.05) is 31.2 Å². The molecule has 1 aromatic carbocycles. The second kappa shape index (κ2) is 4.87. The molecule has 1 rings (SSSR count). The molecule has 0 saturated heterocycles. The molecule has 0 bridgehead atoms. The van der Waals surface area contributed by atoms with Crippen molar-refractivity contribution in [3.05, 3.63) is 29.3 Å². The van der Waals surface area contributed by atoms with Crippen molar-refractivity contribution in [1.29, 1.82) is 0 Å². The zero-order valence-corrected chi connectivity index (χ0v) is 8.60. The summed E-state index contributed by atoms with van der Waals surface area (Å²) in [5.74, 6) is 0. The zero-order valence-electron chi connectivity index (χ0n) is 7.84. The highest BCUT2D eigenvalue weighted by atomic mass is 35.5. The van der Waals surface area contributed by atoms with Gasteiger partial charge in [0, 0.05) is 10.7 Å². The second-order valence-electron chi connectivity index (χ2n) is 2.82. The number of nitrogens with one attached hydrogen (secondary N) is 1. The molecular formula is C10H13ClN2. The van der Waals surface area contributed by atoms with Gasteiger partial charge in [-0.2, -0.15) is 5.10 Å². The Morgan fingerprint density at radius 1 is 1.54 bits per heavy atom. The standard InChI is InChI=1S/C10H13ClN2/c1-3-8(2)12-13-10-6-4-5-9(11)7-10/h4-7,13H,3H2,1-2H3/b12-8+. The lowest BCUT2D eigenvalue weighted by atomic mass is 10.3. The number of hydrazone groups is 1. The van der Waals surface area contributed by atoms with Gasteiger partial charge in [-0.05, 0) is 31.5 Å². The quantitative estimate of drug-likeness (QED) is 0.581. The van der Waals surface area contributed by atoms with E-state index in [-0.39, 0.29) is 0 Å². The summed E-state index contributed by atoms with van der Waals surface area (Å²) >= 11 is 5.81. The highest BCUT2D eigenvalue weighted by Gasteiger charge is 1.91. The average Bonchev–Trinajstić information content (AvgIpc) is 2.14. The predicted octanol–water partition coefficient (Wildman–Crippen LogP) is 3.54. The Balaban J connectivity index is 2.64. The van der Waals surface area contributed by atoms with Crippen molar-refractivity contribution >= 4 is 23.0 Å². The summed E-state index contributed by atoms with van der Waals surface area (Å²) in [5, 5.41) is 4.88. The Bertz CT molecular complexity index is 308. The van der Waals surface area contributed by atoms with E-state index in [2.05, 4.69) is 17.5 Å². The molecule has 1 N–H and O–H groups in total. The minimum atomic E-state index is 0.717. The molecule has 70 valence electrons. The molecule has 0 heterocycles. The van der Waals surface area contributed by atoms with E-state index in [1.165, 1.54) is 0 Å². The Morgan fingerprint density at radius 2 is 2.31 bits per heavy atom. The maximum Gasteiger partial charge on any atom is 0.0576 e. The van der Waals surface area contributed by atoms with Crippen molar-refractivity contribution in [2.45, 2.75) is 20.3 Å². The van der Waals surface area contributed by atoms with Gasteiger partial charge in [-0.25, -0.2) is 0 Å². The van der Waals surface area contributed by atoms with Gasteiger partial charge in [0.1, 0.15) is 0 Å². The number of hydrogen-bond acceptors (Lipinski definition) is 2. The molecule has 0 radical (unpaired) electrons. The number of nitrogens with zero attached hydrogens (tertiary/aromatic N) is 1. The second-order valence-corrected chi connectivity index (χ2v) is 3.26. The largest absolute Gasteiger partial charge is 0.279 e. The molecule has 1 aromatic rings. The van der Waals surface area contributed by atoms with E-state index >= 15 is 0 Å². The van der Waals surface area contributed by atoms with Crippen molar-refractivity contribution in [3.63, 3.8) is 0 Å². The summed E-state index contributed by atoms with van der Waals surface area (Å²) in [5.41, 5.74) is 4.93. The summed E-state index contributed by atoms with van der Waals surface area (Å²) in [6, 6.07) is 7.50. The van der Waals surface area contributed by atoms with Crippen LogP contribution >= 0.6 is 11.6 Å². The third-order valence-electron chi connectivity index (χ3n) is 1.71. The van der Waals surface area contributed by atoms with E-state index in [0.717, 1.165) is 17.8 Å². The zero-order chi connectivity index (χ0) is 9.68. The Kier molecular flexibility index (Phi) is 3.77. The van der Waals surface area contributed by atoms with Gasteiger partial charge < -0.3 is 0 Å². The van der Waals surface area contributed by atoms with E-state index in [4.69, 9.17) is 11.6 Å². The first-order valence-electron chi connectivity index (χ1n) is 4.27. The molecule has 0 aliphatic carbocycles. The van der Waals surface area contributed by atoms with E-state index in [0.29, 0.717) is 5.02 Å². The number of halogens is 1. The Labute approximate surface area is 83.6 Å². The third-order valence-corrected chi connectivity index (χ3v) is 1.95. The third kappa shape index (κ3) is 3.47. The highest BCUT2D eigenvalue weighted by molar-refractivity contribution is 6.30. The molecule has 0 aromatic heterocycles. The minimum absolute atomic E-state index is 0.717. The van der Waals surface area contributed by atoms with Crippen LogP contribution in [0.4, 0.5) is 5.69 Å². The molecule has 0 saturated carbocycles. The monoisotopic (exact) mass is 196 g/mol. The van der Waals surface area contributed by atoms with Gasteiger partial charge in [0.2, 0.25) is 0 Å². The molecule has 0 amide bonds. The predicted molar refractivity (Wildman–Crippen MR) is 58.5 cm³/mol. The molecule has 0 spiro atoms. The lowest BCUT2D eigenvalue weighted by Gasteiger charge is -2.01. The fourth-order valence-electron chi connectivity index (χ4n) is 0.797. The summed E-state index contributed by atoms with van der Waals surface area (Å²) in [7, 11) is 0. The Morgan fingerprint density at radius 3 is 2.92 bits per heavy atom. The lowest BCUT2D eigenvalue weighted by molar-refractivity contribution is 1.21. The topological polar surface area (TPSA) is 24.4 Å². The summed E-state index contributed by atoms with van der Waals surface area (Å²) < 4.78 is 0. The van der Waals surface area contributed by atoms with Crippen LogP contribution in [0.3, 0.4) is 0 Å². The number of rotatable bonds is 3. The normalized spacial score (nSPS) is 11.5. The van der Waals surface area contributed by atoms with Crippen LogP contribution in [0, 0.1) is 0 Å². The van der Waals surface area contributed by atoms with Crippen LogP contribution in [0.2, 0.25) is 5.02 Å². The molecule has 0 atom stereocenters. The van der Waals surface area contributed by atoms with E-state index in [9.17, 15) is 0 Å². The van der Waals surface area contributed by atoms with Gasteiger partial charge in [0.25, 0.3) is 0 Å². The maximum atomic E-state index is 5.81. The van der Waals surface area contributed by atoms with Crippen LogP contribution in [0.5, 0.6) is 0 Å². The molecule has 0 unspecified atom stereocenters. The van der Waals surface area contributed by atoms with Gasteiger partial charge in [0.15, 0.2) is 0 Å². The molecule has 2 nitrogen and oxygen atoms in total. The van der Waals surface area contributed by atoms with Crippen molar-refractivity contribution in [2.24, 2.45) is 5.10 Å². The van der Waals surface area contributed by atoms with Crippen molar-refractivity contribution < 1.29 is 0 Å². The first kappa shape index (κ1) is 10.1. The molecular weight excluding hydrogens is 184 g/mol. The summed E-state index contributed by atoms with van der Waals surface area (Å²) in [4.78, 5) is 0. The number of anilines is 1. The van der Waals surface area contributed by atoms with Crippen molar-refractivity contribution in [1.82, 2.24) is 0 Å². The fraction of sp³-hybridized carbons (Fsp3) is 0.300. The maximum absolute atomic E-state index is 5.81. The molecule has 13 heavy (non-hydrogen) atoms. The number of hydrogen-bond donors (Lipinski definition) is 1. The molecule has 0 fully saturated rings. The first-order chi connectivity index (χ1) is 6.22. The van der Waals surface area contributed by atoms with Gasteiger partial charge in [-0.15, -0.1) is 0 Å². The van der Waals surface area contributed by atoms with Crippen molar-refractivity contribution in [3.8, 4) is 0 Å². The van der Waals surface area contributed by atoms with Crippen LogP contribution in [-0.2, 0) is 0 Å². The van der Waals surface area contributed by atoms with Gasteiger partial charge in [-0.1, -0.05) is 24.6 Å². The minimum Gasteiger partial charge on any atom is -0.279 e. The Hall–Kier alpha value is -1.02. The highest BCUT2D eigenvalue weighted by Crippen LogP contribution is 2.14. The van der Waals surface area contributed by atoms with E-state index < -0.39 is 0 Å². The van der Waals surface area contributed by atoms with E-state index in [1.54, 1.807) is 0 Å². The van der Waals surface area contributed by atoms with Gasteiger partial charge in [-0.3, -0.25) is 5.43 Å². The molecule has 0 aliphatic heterocycles. The van der Waals surface area contributed by atoms with Gasteiger partial charge >= 0.3 is 0 Å². The SMILES string of the molecule is CC/C(C)=N/Nc1cccc(Cl)c1. The van der Waals surface area contributed by atoms with Crippen LogP contribution in [-0.4, -0.2) is 5.71 Å². The lowest BCUT2D eigenvalue weighted by Crippen LogP contribution is -1.95. The van der Waals surface area contributed by atoms with Crippen LogP contribution in [0.15, 0.2) is 29.4 Å². The summed E-state index contributed by atoms with van der Waals surface area (Å²) in [6.07, 6.45) is 0.952. The average molecular weight is 197 g/mol. The van der Waals surface area contributed by atoms with Crippen LogP contribution in [0.25, 0.3) is 0 Å². The van der Waals surface area contributed by atoms with Crippen molar-refractivity contribution in [2.75, 3.05) is 5.43 Å². The number of benzene rings is 1. The van der Waals surface area contributed by atoms with Crippen LogP contribution in [0.1, 0.15) is 20.3 Å². The molecule has 3 heteroatoms.